The second kappa shape index (κ2) is 15.9. The Balaban J connectivity index is 0.938. The van der Waals surface area contributed by atoms with Gasteiger partial charge in [-0.25, -0.2) is 0 Å². The van der Waals surface area contributed by atoms with Gasteiger partial charge in [-0.15, -0.1) is 0 Å². The standard InChI is InChI=1S/C61H49NO/c1-3-13-41(14-4-1)43-25-31-50(32-26-43)62(51-33-27-44(28-34-51)42-15-5-2-6-16-42)52-35-29-45(30-36-52)47-37-48(54-20-11-22-56-53-18-8-7-17-46(53)40-59(54)56)39-49(38-47)55-21-12-23-58-57-19-9-10-24-60(57)63-61(55)58/h1-5,7,9-15,17,19-29,31-35,38-39,48H,6,8,16,18,30,36-37,40H2. The van der Waals surface area contributed by atoms with Crippen LogP contribution in [0, 0.1) is 0 Å². The Hall–Kier alpha value is -7.16. The molecule has 0 radical (unpaired) electrons. The zero-order valence-corrected chi connectivity index (χ0v) is 35.6. The fourth-order valence-corrected chi connectivity index (χ4v) is 10.8. The summed E-state index contributed by atoms with van der Waals surface area (Å²) in [6.45, 7) is 0. The van der Waals surface area contributed by atoms with Gasteiger partial charge in [0, 0.05) is 39.3 Å². The predicted octanol–water partition coefficient (Wildman–Crippen LogP) is 16.6. The molecule has 0 amide bonds. The Bertz CT molecular complexity index is 3190. The molecule has 0 N–H and O–H groups in total. The lowest BCUT2D eigenvalue weighted by atomic mass is 9.77. The summed E-state index contributed by atoms with van der Waals surface area (Å²) in [6.07, 6.45) is 29.7. The van der Waals surface area contributed by atoms with E-state index in [0.717, 1.165) is 62.5 Å². The number of allylic oxidation sites excluding steroid dienone is 16. The average molecular weight is 812 g/mol. The van der Waals surface area contributed by atoms with Crippen LogP contribution >= 0.6 is 0 Å². The largest absolute Gasteiger partial charge is 0.455 e. The van der Waals surface area contributed by atoms with Crippen LogP contribution in [0.3, 0.4) is 0 Å². The van der Waals surface area contributed by atoms with E-state index in [1.807, 2.05) is 0 Å². The van der Waals surface area contributed by atoms with E-state index in [9.17, 15) is 0 Å². The molecule has 7 aromatic rings. The Morgan fingerprint density at radius 3 is 2.10 bits per heavy atom. The summed E-state index contributed by atoms with van der Waals surface area (Å²) >= 11 is 0. The van der Waals surface area contributed by atoms with Crippen molar-refractivity contribution in [3.05, 3.63) is 244 Å². The van der Waals surface area contributed by atoms with Crippen LogP contribution < -0.4 is 4.90 Å². The molecular formula is C61H49NO. The first kappa shape index (κ1) is 37.6. The number of fused-ring (bicyclic) bond motifs is 5. The molecule has 0 fully saturated rings. The summed E-state index contributed by atoms with van der Waals surface area (Å²) in [5.74, 6) is 0.249. The molecule has 0 saturated heterocycles. The van der Waals surface area contributed by atoms with Gasteiger partial charge in [-0.1, -0.05) is 158 Å². The topological polar surface area (TPSA) is 16.4 Å². The van der Waals surface area contributed by atoms with Crippen LogP contribution in [0.2, 0.25) is 0 Å². The lowest BCUT2D eigenvalue weighted by Gasteiger charge is -2.31. The van der Waals surface area contributed by atoms with Crippen molar-refractivity contribution in [1.82, 2.24) is 0 Å². The maximum absolute atomic E-state index is 6.68. The second-order valence-electron chi connectivity index (χ2n) is 17.7. The molecule has 1 heterocycles. The number of benzene rings is 6. The van der Waals surface area contributed by atoms with E-state index in [2.05, 4.69) is 199 Å². The Morgan fingerprint density at radius 1 is 0.540 bits per heavy atom. The van der Waals surface area contributed by atoms with Crippen molar-refractivity contribution in [2.75, 3.05) is 4.90 Å². The van der Waals surface area contributed by atoms with Gasteiger partial charge < -0.3 is 9.32 Å². The fraction of sp³-hybridized carbons (Fsp3) is 0.148. The smallest absolute Gasteiger partial charge is 0.143 e. The Labute approximate surface area is 370 Å². The van der Waals surface area contributed by atoms with Crippen LogP contribution in [0.5, 0.6) is 0 Å². The van der Waals surface area contributed by atoms with Gasteiger partial charge in [0.25, 0.3) is 0 Å². The zero-order chi connectivity index (χ0) is 41.7. The van der Waals surface area contributed by atoms with Crippen LogP contribution in [0.15, 0.2) is 221 Å². The zero-order valence-electron chi connectivity index (χ0n) is 35.6. The van der Waals surface area contributed by atoms with E-state index >= 15 is 0 Å². The molecule has 0 aliphatic heterocycles. The van der Waals surface area contributed by atoms with Crippen molar-refractivity contribution in [3.8, 4) is 11.1 Å². The number of rotatable bonds is 8. The molecule has 5 aliphatic carbocycles. The van der Waals surface area contributed by atoms with Crippen molar-refractivity contribution < 1.29 is 4.42 Å². The maximum Gasteiger partial charge on any atom is 0.143 e. The van der Waals surface area contributed by atoms with Gasteiger partial charge in [-0.05, 0) is 155 Å². The lowest BCUT2D eigenvalue weighted by Crippen LogP contribution is -2.18. The molecule has 1 aromatic heterocycles. The van der Waals surface area contributed by atoms with E-state index < -0.39 is 0 Å². The third kappa shape index (κ3) is 6.91. The SMILES string of the molecule is C1=CCCC(c2ccc(N(C3=CC=C(C4=CC(c5cccc6c5oc5ccccc56)=CC(c5cccc6c5CC5=C6CCC=C5)C4)CC3)c3ccc(-c4ccccc4)cc3)cc2)=C1. The van der Waals surface area contributed by atoms with Gasteiger partial charge in [-0.3, -0.25) is 0 Å². The van der Waals surface area contributed by atoms with E-state index in [1.165, 1.54) is 94.7 Å². The van der Waals surface area contributed by atoms with Crippen molar-refractivity contribution in [3.63, 3.8) is 0 Å². The number of furan rings is 1. The quantitative estimate of drug-likeness (QED) is 0.152. The highest BCUT2D eigenvalue weighted by molar-refractivity contribution is 6.09. The monoisotopic (exact) mass is 811 g/mol. The van der Waals surface area contributed by atoms with E-state index in [1.54, 1.807) is 5.57 Å². The van der Waals surface area contributed by atoms with Crippen LogP contribution in [0.1, 0.15) is 78.7 Å². The number of hydrogen-bond acceptors (Lipinski definition) is 2. The summed E-state index contributed by atoms with van der Waals surface area (Å²) in [7, 11) is 0. The van der Waals surface area contributed by atoms with E-state index in [4.69, 9.17) is 4.42 Å². The molecule has 2 nitrogen and oxygen atoms in total. The van der Waals surface area contributed by atoms with E-state index in [-0.39, 0.29) is 5.92 Å². The second-order valence-corrected chi connectivity index (χ2v) is 17.7. The average Bonchev–Trinajstić information content (AvgIpc) is 3.94. The third-order valence-corrected chi connectivity index (χ3v) is 14.0. The minimum absolute atomic E-state index is 0.249. The molecule has 0 bridgehead atoms. The highest BCUT2D eigenvalue weighted by atomic mass is 16.3. The molecule has 0 spiro atoms. The predicted molar refractivity (Wildman–Crippen MR) is 265 cm³/mol. The highest BCUT2D eigenvalue weighted by Gasteiger charge is 2.30. The first-order chi connectivity index (χ1) is 31.2. The number of para-hydroxylation sites is 2. The molecule has 12 rings (SSSR count). The van der Waals surface area contributed by atoms with Crippen molar-refractivity contribution in [2.45, 2.75) is 57.3 Å². The molecule has 5 aliphatic rings. The summed E-state index contributed by atoms with van der Waals surface area (Å²) in [4.78, 5) is 2.48. The third-order valence-electron chi connectivity index (χ3n) is 14.0. The van der Waals surface area contributed by atoms with Crippen LogP contribution in [-0.4, -0.2) is 0 Å². The van der Waals surface area contributed by atoms with Gasteiger partial charge in [0.2, 0.25) is 0 Å². The molecule has 1 atom stereocenters. The van der Waals surface area contributed by atoms with Gasteiger partial charge >= 0.3 is 0 Å². The Kier molecular flexibility index (Phi) is 9.52. The van der Waals surface area contributed by atoms with Gasteiger partial charge in [0.15, 0.2) is 0 Å². The first-order valence-corrected chi connectivity index (χ1v) is 22.9. The summed E-state index contributed by atoms with van der Waals surface area (Å²) < 4.78 is 6.68. The molecule has 0 saturated carbocycles. The first-order valence-electron chi connectivity index (χ1n) is 22.9. The van der Waals surface area contributed by atoms with Crippen molar-refractivity contribution in [1.29, 1.82) is 0 Å². The van der Waals surface area contributed by atoms with E-state index in [0.29, 0.717) is 0 Å². The minimum Gasteiger partial charge on any atom is -0.455 e. The van der Waals surface area contributed by atoms with Gasteiger partial charge in [0.1, 0.15) is 11.2 Å². The highest BCUT2D eigenvalue weighted by Crippen LogP contribution is 2.48. The summed E-state index contributed by atoms with van der Waals surface area (Å²) in [5, 5.41) is 2.34. The van der Waals surface area contributed by atoms with Crippen LogP contribution in [-0.2, 0) is 6.42 Å². The molecule has 6 aromatic carbocycles. The number of anilines is 2. The van der Waals surface area contributed by atoms with Crippen molar-refractivity contribution >= 4 is 50.0 Å². The lowest BCUT2D eigenvalue weighted by molar-refractivity contribution is 0.667. The summed E-state index contributed by atoms with van der Waals surface area (Å²) in [5.41, 5.74) is 23.5. The summed E-state index contributed by atoms with van der Waals surface area (Å²) in [6, 6.07) is 51.2. The van der Waals surface area contributed by atoms with Crippen LogP contribution in [0.4, 0.5) is 11.4 Å². The van der Waals surface area contributed by atoms with Gasteiger partial charge in [-0.2, -0.15) is 0 Å². The molecule has 2 heteroatoms. The molecule has 304 valence electrons. The Morgan fingerprint density at radius 2 is 1.29 bits per heavy atom. The maximum atomic E-state index is 6.68. The normalized spacial score (nSPS) is 18.1. The van der Waals surface area contributed by atoms with Gasteiger partial charge in [0.05, 0.1) is 0 Å². The molecular weight excluding hydrogens is 763 g/mol. The number of nitrogens with zero attached hydrogens (tertiary/aromatic N) is 1. The fourth-order valence-electron chi connectivity index (χ4n) is 10.8. The molecule has 1 unspecified atom stereocenters. The van der Waals surface area contributed by atoms with Crippen LogP contribution in [0.25, 0.3) is 49.8 Å². The molecule has 63 heavy (non-hydrogen) atoms. The van der Waals surface area contributed by atoms with Crippen molar-refractivity contribution in [2.24, 2.45) is 0 Å². The number of hydrogen-bond donors (Lipinski definition) is 0. The minimum atomic E-state index is 0.249.